The van der Waals surface area contributed by atoms with E-state index in [2.05, 4.69) is 54.4 Å². The van der Waals surface area contributed by atoms with Crippen LogP contribution in [0.5, 0.6) is 5.75 Å². The maximum atomic E-state index is 6.45. The molecule has 1 atom stereocenters. The summed E-state index contributed by atoms with van der Waals surface area (Å²) >= 11 is 0. The average Bonchev–Trinajstić information content (AvgIpc) is 2.91. The normalized spacial score (nSPS) is 12.1. The minimum Gasteiger partial charge on any atom is -0.490 e. The lowest BCUT2D eigenvalue weighted by molar-refractivity contribution is 0.187. The lowest BCUT2D eigenvalue weighted by atomic mass is 9.97. The molecular formula is C34H49NO. The summed E-state index contributed by atoms with van der Waals surface area (Å²) in [5.74, 6) is 0.927. The molecule has 0 amide bonds. The third kappa shape index (κ3) is 11.1. The molecule has 0 bridgehead atoms. The smallest absolute Gasteiger partial charge is 0.122 e. The van der Waals surface area contributed by atoms with Crippen molar-refractivity contribution in [2.24, 2.45) is 0 Å². The van der Waals surface area contributed by atoms with Crippen molar-refractivity contribution in [3.8, 4) is 5.75 Å². The first-order valence-electron chi connectivity index (χ1n) is 14.9. The number of benzene rings is 2. The number of unbranched alkanes of at least 4 members (excludes halogenated alkanes) is 14. The van der Waals surface area contributed by atoms with Gasteiger partial charge in [-0.25, -0.2) is 0 Å². The predicted molar refractivity (Wildman–Crippen MR) is 156 cm³/mol. The van der Waals surface area contributed by atoms with Crippen molar-refractivity contribution in [3.05, 3.63) is 72.6 Å². The summed E-state index contributed by atoms with van der Waals surface area (Å²) in [5.41, 5.74) is 1.38. The van der Waals surface area contributed by atoms with Gasteiger partial charge in [0, 0.05) is 18.8 Å². The number of hydrogen-bond acceptors (Lipinski definition) is 2. The molecule has 1 unspecified atom stereocenters. The molecule has 0 radical (unpaired) electrons. The van der Waals surface area contributed by atoms with Gasteiger partial charge in [-0.05, 0) is 41.3 Å². The average molecular weight is 488 g/mol. The van der Waals surface area contributed by atoms with Crippen LogP contribution in [0, 0.1) is 0 Å². The molecule has 3 aromatic rings. The van der Waals surface area contributed by atoms with Crippen molar-refractivity contribution in [1.82, 2.24) is 4.98 Å². The van der Waals surface area contributed by atoms with Gasteiger partial charge in [0.05, 0.1) is 0 Å². The second-order valence-corrected chi connectivity index (χ2v) is 10.5. The maximum Gasteiger partial charge on any atom is 0.122 e. The van der Waals surface area contributed by atoms with E-state index in [1.165, 1.54) is 113 Å². The maximum absolute atomic E-state index is 6.45. The zero-order chi connectivity index (χ0) is 25.1. The lowest BCUT2D eigenvalue weighted by Crippen LogP contribution is -2.20. The molecule has 36 heavy (non-hydrogen) atoms. The highest BCUT2D eigenvalue weighted by atomic mass is 16.5. The highest BCUT2D eigenvalue weighted by molar-refractivity contribution is 5.85. The Balaban J connectivity index is 1.32. The monoisotopic (exact) mass is 487 g/mol. The molecule has 0 saturated carbocycles. The summed E-state index contributed by atoms with van der Waals surface area (Å²) in [6.45, 7) is 2.29. The molecule has 0 N–H and O–H groups in total. The van der Waals surface area contributed by atoms with Crippen LogP contribution in [0.1, 0.15) is 115 Å². The Morgan fingerprint density at radius 3 is 1.81 bits per heavy atom. The largest absolute Gasteiger partial charge is 0.490 e. The highest BCUT2D eigenvalue weighted by Gasteiger charge is 2.13. The van der Waals surface area contributed by atoms with E-state index in [0.717, 1.165) is 18.6 Å². The van der Waals surface area contributed by atoms with Gasteiger partial charge in [0.25, 0.3) is 0 Å². The first kappa shape index (κ1) is 28.2. The van der Waals surface area contributed by atoms with Crippen LogP contribution in [0.15, 0.2) is 67.0 Å². The molecule has 2 heteroatoms. The molecule has 0 spiro atoms. The van der Waals surface area contributed by atoms with E-state index in [-0.39, 0.29) is 6.10 Å². The van der Waals surface area contributed by atoms with Crippen LogP contribution in [-0.4, -0.2) is 11.1 Å². The van der Waals surface area contributed by atoms with E-state index < -0.39 is 0 Å². The molecule has 0 aliphatic heterocycles. The predicted octanol–water partition coefficient (Wildman–Crippen LogP) is 10.5. The van der Waals surface area contributed by atoms with E-state index in [9.17, 15) is 0 Å². The Morgan fingerprint density at radius 2 is 1.17 bits per heavy atom. The van der Waals surface area contributed by atoms with Gasteiger partial charge in [-0.2, -0.15) is 0 Å². The van der Waals surface area contributed by atoms with E-state index in [1.54, 1.807) is 0 Å². The molecule has 1 heterocycles. The summed E-state index contributed by atoms with van der Waals surface area (Å²) < 4.78 is 6.45. The van der Waals surface area contributed by atoms with Crippen LogP contribution in [0.4, 0.5) is 0 Å². The number of aromatic nitrogens is 1. The van der Waals surface area contributed by atoms with E-state index >= 15 is 0 Å². The molecule has 0 aliphatic rings. The number of hydrogen-bond donors (Lipinski definition) is 0. The third-order valence-electron chi connectivity index (χ3n) is 7.41. The second-order valence-electron chi connectivity index (χ2n) is 10.5. The van der Waals surface area contributed by atoms with Gasteiger partial charge in [-0.1, -0.05) is 139 Å². The lowest BCUT2D eigenvalue weighted by Gasteiger charge is -2.20. The van der Waals surface area contributed by atoms with Gasteiger partial charge >= 0.3 is 0 Å². The Labute approximate surface area is 220 Å². The molecule has 0 fully saturated rings. The van der Waals surface area contributed by atoms with E-state index in [4.69, 9.17) is 4.74 Å². The van der Waals surface area contributed by atoms with Gasteiger partial charge in [-0.3, -0.25) is 4.98 Å². The van der Waals surface area contributed by atoms with Gasteiger partial charge in [0.2, 0.25) is 0 Å². The number of rotatable bonds is 20. The van der Waals surface area contributed by atoms with E-state index in [1.807, 2.05) is 24.5 Å². The molecule has 1 aromatic heterocycles. The minimum atomic E-state index is 0.195. The standard InChI is InChI=1S/C34H49NO/c1-2-3-4-5-6-7-8-9-10-11-12-13-14-15-16-23-33(36-32-25-27-35-28-26-32)29-31-22-19-21-30-20-17-18-24-34(30)31/h17-22,24-28,33H,2-16,23,29H2,1H3. The Bertz CT molecular complexity index is 933. The topological polar surface area (TPSA) is 22.1 Å². The first-order chi connectivity index (χ1) is 17.9. The van der Waals surface area contributed by atoms with Crippen molar-refractivity contribution in [2.75, 3.05) is 0 Å². The number of nitrogens with zero attached hydrogens (tertiary/aromatic N) is 1. The molecule has 196 valence electrons. The minimum absolute atomic E-state index is 0.195. The molecule has 2 aromatic carbocycles. The zero-order valence-corrected chi connectivity index (χ0v) is 22.8. The van der Waals surface area contributed by atoms with Crippen molar-refractivity contribution in [3.63, 3.8) is 0 Å². The van der Waals surface area contributed by atoms with Crippen molar-refractivity contribution < 1.29 is 4.74 Å². The van der Waals surface area contributed by atoms with Gasteiger partial charge < -0.3 is 4.74 Å². The molecule has 3 rings (SSSR count). The summed E-state index contributed by atoms with van der Waals surface area (Å²) in [6, 6.07) is 19.3. The van der Waals surface area contributed by atoms with Crippen LogP contribution in [0.3, 0.4) is 0 Å². The summed E-state index contributed by atoms with van der Waals surface area (Å²) in [5, 5.41) is 2.66. The third-order valence-corrected chi connectivity index (χ3v) is 7.41. The SMILES string of the molecule is CCCCCCCCCCCCCCCCCC(Cc1cccc2ccccc12)Oc1ccncc1. The summed E-state index contributed by atoms with van der Waals surface area (Å²) in [4.78, 5) is 4.14. The van der Waals surface area contributed by atoms with Gasteiger partial charge in [-0.15, -0.1) is 0 Å². The molecule has 0 saturated heterocycles. The Hall–Kier alpha value is -2.35. The summed E-state index contributed by atoms with van der Waals surface area (Å²) in [6.07, 6.45) is 26.9. The van der Waals surface area contributed by atoms with Crippen LogP contribution in [0.2, 0.25) is 0 Å². The van der Waals surface area contributed by atoms with Crippen LogP contribution >= 0.6 is 0 Å². The van der Waals surface area contributed by atoms with Gasteiger partial charge in [0.15, 0.2) is 0 Å². The van der Waals surface area contributed by atoms with Crippen molar-refractivity contribution in [1.29, 1.82) is 0 Å². The Morgan fingerprint density at radius 1 is 0.611 bits per heavy atom. The van der Waals surface area contributed by atoms with Crippen LogP contribution in [-0.2, 0) is 6.42 Å². The zero-order valence-electron chi connectivity index (χ0n) is 22.8. The van der Waals surface area contributed by atoms with Crippen molar-refractivity contribution >= 4 is 10.8 Å². The molecule has 0 aliphatic carbocycles. The van der Waals surface area contributed by atoms with Crippen molar-refractivity contribution in [2.45, 2.75) is 122 Å². The fourth-order valence-corrected chi connectivity index (χ4v) is 5.27. The first-order valence-corrected chi connectivity index (χ1v) is 14.9. The number of fused-ring (bicyclic) bond motifs is 1. The quantitative estimate of drug-likeness (QED) is 0.148. The number of pyridine rings is 1. The van der Waals surface area contributed by atoms with Crippen LogP contribution in [0.25, 0.3) is 10.8 Å². The summed E-state index contributed by atoms with van der Waals surface area (Å²) in [7, 11) is 0. The van der Waals surface area contributed by atoms with Crippen LogP contribution < -0.4 is 4.74 Å². The Kier molecular flexibility index (Phi) is 14.1. The van der Waals surface area contributed by atoms with Gasteiger partial charge in [0.1, 0.15) is 11.9 Å². The molecular weight excluding hydrogens is 438 g/mol. The number of ether oxygens (including phenoxy) is 1. The highest BCUT2D eigenvalue weighted by Crippen LogP contribution is 2.24. The fraction of sp³-hybridized carbons (Fsp3) is 0.559. The fourth-order valence-electron chi connectivity index (χ4n) is 5.27. The second kappa shape index (κ2) is 18.0. The van der Waals surface area contributed by atoms with E-state index in [0.29, 0.717) is 0 Å². The molecule has 2 nitrogen and oxygen atoms in total.